The quantitative estimate of drug-likeness (QED) is 0.921. The highest BCUT2D eigenvalue weighted by molar-refractivity contribution is 7.89. The Balaban J connectivity index is 1.78. The van der Waals surface area contributed by atoms with Crippen molar-refractivity contribution in [3.8, 4) is 0 Å². The van der Waals surface area contributed by atoms with Gasteiger partial charge in [-0.1, -0.05) is 18.2 Å². The van der Waals surface area contributed by atoms with Crippen LogP contribution in [0.5, 0.6) is 0 Å². The van der Waals surface area contributed by atoms with E-state index in [1.54, 1.807) is 17.0 Å². The van der Waals surface area contributed by atoms with Crippen LogP contribution in [0.25, 0.3) is 0 Å². The van der Waals surface area contributed by atoms with E-state index in [2.05, 4.69) is 4.72 Å². The van der Waals surface area contributed by atoms with Crippen LogP contribution in [-0.4, -0.2) is 26.9 Å². The monoisotopic (exact) mass is 348 g/mol. The molecule has 1 saturated heterocycles. The minimum atomic E-state index is -3.89. The summed E-state index contributed by atoms with van der Waals surface area (Å²) in [6, 6.07) is 11.8. The molecule has 1 heterocycles. The Morgan fingerprint density at radius 3 is 2.54 bits per heavy atom. The average molecular weight is 348 g/mol. The lowest BCUT2D eigenvalue weighted by Gasteiger charge is -2.17. The lowest BCUT2D eigenvalue weighted by atomic mass is 10.2. The molecule has 0 radical (unpaired) electrons. The van der Waals surface area contributed by atoms with E-state index in [1.165, 1.54) is 19.1 Å². The van der Waals surface area contributed by atoms with Gasteiger partial charge in [0.1, 0.15) is 11.9 Å². The molecule has 7 heteroatoms. The van der Waals surface area contributed by atoms with Gasteiger partial charge in [0.15, 0.2) is 0 Å². The Kier molecular flexibility index (Phi) is 4.38. The standard InChI is InChI=1S/C17H17FN2O3S/c1-12-11-14(7-8-15(12)18)24(22,23)19-16-9-10-20(17(16)21)13-5-3-2-4-6-13/h2-8,11,16,19H,9-10H2,1H3/t16-/m0/s1. The number of hydrogen-bond donors (Lipinski definition) is 1. The van der Waals surface area contributed by atoms with Crippen LogP contribution >= 0.6 is 0 Å². The number of sulfonamides is 1. The van der Waals surface area contributed by atoms with Crippen molar-refractivity contribution in [1.82, 2.24) is 4.72 Å². The smallest absolute Gasteiger partial charge is 0.245 e. The molecule has 3 rings (SSSR count). The molecule has 1 aliphatic rings. The molecule has 0 unspecified atom stereocenters. The number of nitrogens with zero attached hydrogens (tertiary/aromatic N) is 1. The Labute approximate surface area is 140 Å². The SMILES string of the molecule is Cc1cc(S(=O)(=O)N[C@H]2CCN(c3ccccc3)C2=O)ccc1F. The van der Waals surface area contributed by atoms with Crippen molar-refractivity contribution in [2.45, 2.75) is 24.3 Å². The Morgan fingerprint density at radius 2 is 1.88 bits per heavy atom. The fraction of sp³-hybridized carbons (Fsp3) is 0.235. The lowest BCUT2D eigenvalue weighted by molar-refractivity contribution is -0.118. The fourth-order valence-corrected chi connectivity index (χ4v) is 4.00. The molecule has 2 aromatic rings. The second kappa shape index (κ2) is 6.33. The topological polar surface area (TPSA) is 66.5 Å². The van der Waals surface area contributed by atoms with E-state index >= 15 is 0 Å². The number of halogens is 1. The summed E-state index contributed by atoms with van der Waals surface area (Å²) in [5.41, 5.74) is 0.975. The highest BCUT2D eigenvalue weighted by Crippen LogP contribution is 2.22. The van der Waals surface area contributed by atoms with Gasteiger partial charge in [-0.25, -0.2) is 12.8 Å². The maximum Gasteiger partial charge on any atom is 0.245 e. The van der Waals surface area contributed by atoms with Crippen LogP contribution in [-0.2, 0) is 14.8 Å². The van der Waals surface area contributed by atoms with Crippen molar-refractivity contribution in [3.63, 3.8) is 0 Å². The van der Waals surface area contributed by atoms with Crippen molar-refractivity contribution >= 4 is 21.6 Å². The lowest BCUT2D eigenvalue weighted by Crippen LogP contribution is -2.41. The van der Waals surface area contributed by atoms with Crippen LogP contribution in [0.2, 0.25) is 0 Å². The van der Waals surface area contributed by atoms with Crippen LogP contribution < -0.4 is 9.62 Å². The van der Waals surface area contributed by atoms with Gasteiger partial charge in [0, 0.05) is 12.2 Å². The normalized spacial score (nSPS) is 18.2. The van der Waals surface area contributed by atoms with Gasteiger partial charge in [0.2, 0.25) is 15.9 Å². The molecular weight excluding hydrogens is 331 g/mol. The highest BCUT2D eigenvalue weighted by Gasteiger charge is 2.35. The zero-order chi connectivity index (χ0) is 17.3. The van der Waals surface area contributed by atoms with Gasteiger partial charge in [-0.05, 0) is 49.2 Å². The summed E-state index contributed by atoms with van der Waals surface area (Å²) in [6.07, 6.45) is 0.382. The molecule has 1 aliphatic heterocycles. The minimum absolute atomic E-state index is 0.0487. The minimum Gasteiger partial charge on any atom is -0.311 e. The van der Waals surface area contributed by atoms with Crippen molar-refractivity contribution < 1.29 is 17.6 Å². The molecule has 0 aromatic heterocycles. The predicted octanol–water partition coefficient (Wildman–Crippen LogP) is 2.22. The molecule has 2 aromatic carbocycles. The first-order valence-electron chi connectivity index (χ1n) is 7.53. The van der Waals surface area contributed by atoms with Crippen molar-refractivity contribution in [1.29, 1.82) is 0 Å². The number of rotatable bonds is 4. The molecule has 24 heavy (non-hydrogen) atoms. The number of carbonyl (C=O) groups is 1. The largest absolute Gasteiger partial charge is 0.311 e. The number of amides is 1. The number of nitrogens with one attached hydrogen (secondary N) is 1. The third-order valence-electron chi connectivity index (χ3n) is 4.01. The molecule has 0 bridgehead atoms. The van der Waals surface area contributed by atoms with Crippen LogP contribution in [0, 0.1) is 12.7 Å². The van der Waals surface area contributed by atoms with E-state index in [1.807, 2.05) is 18.2 Å². The zero-order valence-corrected chi connectivity index (χ0v) is 13.9. The van der Waals surface area contributed by atoms with E-state index in [9.17, 15) is 17.6 Å². The van der Waals surface area contributed by atoms with Crippen molar-refractivity contribution in [2.24, 2.45) is 0 Å². The van der Waals surface area contributed by atoms with Crippen molar-refractivity contribution in [3.05, 3.63) is 59.9 Å². The van der Waals surface area contributed by atoms with Crippen LogP contribution in [0.15, 0.2) is 53.4 Å². The molecule has 0 spiro atoms. The third kappa shape index (κ3) is 3.18. The van der Waals surface area contributed by atoms with Gasteiger partial charge < -0.3 is 4.90 Å². The molecule has 1 fully saturated rings. The maximum atomic E-state index is 13.3. The number of benzene rings is 2. The summed E-state index contributed by atoms with van der Waals surface area (Å²) >= 11 is 0. The first-order chi connectivity index (χ1) is 11.4. The van der Waals surface area contributed by atoms with Gasteiger partial charge in [0.25, 0.3) is 0 Å². The van der Waals surface area contributed by atoms with Crippen LogP contribution in [0.1, 0.15) is 12.0 Å². The van der Waals surface area contributed by atoms with Gasteiger partial charge in [-0.3, -0.25) is 4.79 Å². The molecule has 126 valence electrons. The number of aryl methyl sites for hydroxylation is 1. The van der Waals surface area contributed by atoms with E-state index < -0.39 is 21.9 Å². The Bertz CT molecular complexity index is 869. The summed E-state index contributed by atoms with van der Waals surface area (Å²) in [6.45, 7) is 1.94. The summed E-state index contributed by atoms with van der Waals surface area (Å²) in [4.78, 5) is 14.0. The van der Waals surface area contributed by atoms with E-state index in [0.717, 1.165) is 11.8 Å². The number of hydrogen-bond acceptors (Lipinski definition) is 3. The summed E-state index contributed by atoms with van der Waals surface area (Å²) in [5.74, 6) is -0.759. The van der Waals surface area contributed by atoms with Crippen molar-refractivity contribution in [2.75, 3.05) is 11.4 Å². The molecule has 5 nitrogen and oxygen atoms in total. The summed E-state index contributed by atoms with van der Waals surface area (Å²) in [5, 5.41) is 0. The van der Waals surface area contributed by atoms with E-state index in [4.69, 9.17) is 0 Å². The number of carbonyl (C=O) groups excluding carboxylic acids is 1. The maximum absolute atomic E-state index is 13.3. The van der Waals surface area contributed by atoms with E-state index in [0.29, 0.717) is 13.0 Å². The molecular formula is C17H17FN2O3S. The fourth-order valence-electron chi connectivity index (χ4n) is 2.69. The molecule has 1 amide bonds. The van der Waals surface area contributed by atoms with Gasteiger partial charge >= 0.3 is 0 Å². The molecule has 0 saturated carbocycles. The second-order valence-electron chi connectivity index (χ2n) is 5.70. The van der Waals surface area contributed by atoms with Gasteiger partial charge in [-0.2, -0.15) is 4.72 Å². The zero-order valence-electron chi connectivity index (χ0n) is 13.1. The number of para-hydroxylation sites is 1. The van der Waals surface area contributed by atoms with E-state index in [-0.39, 0.29) is 16.4 Å². The first kappa shape index (κ1) is 16.6. The second-order valence-corrected chi connectivity index (χ2v) is 7.41. The summed E-state index contributed by atoms with van der Waals surface area (Å²) in [7, 11) is -3.89. The summed E-state index contributed by atoms with van der Waals surface area (Å²) < 4.78 is 40.6. The number of anilines is 1. The molecule has 0 aliphatic carbocycles. The van der Waals surface area contributed by atoms with Crippen LogP contribution in [0.3, 0.4) is 0 Å². The Hall–Kier alpha value is -2.25. The predicted molar refractivity (Wildman–Crippen MR) is 88.7 cm³/mol. The third-order valence-corrected chi connectivity index (χ3v) is 5.48. The van der Waals surface area contributed by atoms with Gasteiger partial charge in [0.05, 0.1) is 4.90 Å². The van der Waals surface area contributed by atoms with Gasteiger partial charge in [-0.15, -0.1) is 0 Å². The average Bonchev–Trinajstić information content (AvgIpc) is 2.91. The Morgan fingerprint density at radius 1 is 1.17 bits per heavy atom. The highest BCUT2D eigenvalue weighted by atomic mass is 32.2. The molecule has 1 atom stereocenters. The molecule has 1 N–H and O–H groups in total. The first-order valence-corrected chi connectivity index (χ1v) is 9.02. The van der Waals surface area contributed by atoms with Crippen LogP contribution in [0.4, 0.5) is 10.1 Å².